The van der Waals surface area contributed by atoms with Crippen LogP contribution in [-0.4, -0.2) is 154 Å². The summed E-state index contributed by atoms with van der Waals surface area (Å²) in [5, 5.41) is 27.8. The number of hydrogen-bond donors (Lipinski definition) is 13. The molecule has 3 unspecified atom stereocenters. The highest BCUT2D eigenvalue weighted by atomic mass is 33.1. The van der Waals surface area contributed by atoms with Crippen LogP contribution in [0.1, 0.15) is 62.5 Å². The number of rotatable bonds is 19. The second kappa shape index (κ2) is 29.8. The Labute approximate surface area is 433 Å². The molecule has 2 heterocycles. The van der Waals surface area contributed by atoms with E-state index in [1.807, 2.05) is 0 Å². The molecule has 26 nitrogen and oxygen atoms in total. The number of guanidine groups is 1. The van der Waals surface area contributed by atoms with Gasteiger partial charge in [0.1, 0.15) is 48.0 Å². The van der Waals surface area contributed by atoms with Gasteiger partial charge in [-0.2, -0.15) is 0 Å². The van der Waals surface area contributed by atoms with Gasteiger partial charge in [0.25, 0.3) is 0 Å². The van der Waals surface area contributed by atoms with Gasteiger partial charge in [-0.15, -0.1) is 0 Å². The number of phenolic OH excluding ortho intramolecular Hbond substituents is 1. The van der Waals surface area contributed by atoms with Crippen molar-refractivity contribution in [2.75, 3.05) is 31.1 Å². The zero-order valence-corrected chi connectivity index (χ0v) is 42.0. The molecule has 0 aliphatic carbocycles. The number of phenols is 1. The quantitative estimate of drug-likeness (QED) is 0.0274. The molecule has 0 radical (unpaired) electrons. The van der Waals surface area contributed by atoms with E-state index in [1.54, 1.807) is 42.5 Å². The third-order valence-corrected chi connectivity index (χ3v) is 13.9. The number of nitrogens with two attached hydrogens (primary N) is 5. The molecular formula is C46H64N14O12S2. The van der Waals surface area contributed by atoms with E-state index in [-0.39, 0.29) is 74.8 Å². The lowest BCUT2D eigenvalue weighted by atomic mass is 10.0. The zero-order valence-electron chi connectivity index (χ0n) is 40.4. The van der Waals surface area contributed by atoms with E-state index in [9.17, 15) is 57.8 Å². The van der Waals surface area contributed by atoms with Crippen LogP contribution >= 0.6 is 21.6 Å². The van der Waals surface area contributed by atoms with Crippen LogP contribution in [0.5, 0.6) is 5.75 Å². The third-order valence-electron chi connectivity index (χ3n) is 11.5. The summed E-state index contributed by atoms with van der Waals surface area (Å²) in [5.74, 6) is -9.75. The van der Waals surface area contributed by atoms with E-state index in [1.165, 1.54) is 17.0 Å². The number of carbonyl (C=O) groups excluding carboxylic acids is 11. The lowest BCUT2D eigenvalue weighted by molar-refractivity contribution is -0.142. The highest BCUT2D eigenvalue weighted by Crippen LogP contribution is 2.26. The topological polar surface area (TPSA) is 438 Å². The maximum Gasteiger partial charge on any atom is 0.246 e. The second-order valence-corrected chi connectivity index (χ2v) is 20.0. The zero-order chi connectivity index (χ0) is 54.3. The van der Waals surface area contributed by atoms with Crippen LogP contribution in [0.3, 0.4) is 0 Å². The van der Waals surface area contributed by atoms with Crippen LogP contribution in [0.25, 0.3) is 0 Å². The lowest BCUT2D eigenvalue weighted by Crippen LogP contribution is -2.61. The van der Waals surface area contributed by atoms with Crippen molar-refractivity contribution in [3.05, 3.63) is 65.7 Å². The first-order valence-electron chi connectivity index (χ1n) is 23.6. The van der Waals surface area contributed by atoms with Crippen molar-refractivity contribution in [3.63, 3.8) is 0 Å². The smallest absolute Gasteiger partial charge is 0.246 e. The van der Waals surface area contributed by atoms with E-state index in [0.717, 1.165) is 21.6 Å². The molecule has 18 N–H and O–H groups in total. The van der Waals surface area contributed by atoms with Gasteiger partial charge in [0.15, 0.2) is 5.96 Å². The van der Waals surface area contributed by atoms with Gasteiger partial charge in [-0.05, 0) is 55.4 Å². The number of hydrogen-bond acceptors (Lipinski definition) is 15. The van der Waals surface area contributed by atoms with E-state index >= 15 is 0 Å². The normalized spacial score (nSPS) is 21.7. The molecule has 74 heavy (non-hydrogen) atoms. The van der Waals surface area contributed by atoms with Gasteiger partial charge in [-0.1, -0.05) is 64.1 Å². The molecule has 2 fully saturated rings. The number of likely N-dealkylation sites (tertiary alicyclic amines) is 1. The summed E-state index contributed by atoms with van der Waals surface area (Å²) in [4.78, 5) is 153. The lowest BCUT2D eigenvalue weighted by Gasteiger charge is -2.31. The van der Waals surface area contributed by atoms with Crippen LogP contribution in [-0.2, 0) is 65.6 Å². The SMILES string of the molecule is NC(=O)CC[C@@H]1NC(=O)C(Cc2ccccc2)NC(=O)C(Cc2ccc(O)cc2)NC(=O)CCSSC[C@@H](C(=O)N2CCC[C@H]2C(=O)N[C@H](CCCN=C(N)N)C(=O)NCC(N)=O)NC(=O)C(CC(N)=O)NC1=O. The Morgan fingerprint density at radius 1 is 0.730 bits per heavy atom. The number of primary amides is 3. The van der Waals surface area contributed by atoms with Crippen molar-refractivity contribution in [1.82, 2.24) is 42.1 Å². The van der Waals surface area contributed by atoms with Crippen molar-refractivity contribution >= 4 is 92.5 Å². The average Bonchev–Trinajstić information content (AvgIpc) is 3.85. The molecule has 11 amide bonds. The van der Waals surface area contributed by atoms with E-state index in [4.69, 9.17) is 28.7 Å². The Kier molecular flexibility index (Phi) is 23.7. The Balaban J connectivity index is 1.68. The van der Waals surface area contributed by atoms with Crippen LogP contribution in [0, 0.1) is 0 Å². The molecule has 402 valence electrons. The Morgan fingerprint density at radius 2 is 1.34 bits per heavy atom. The molecule has 4 rings (SSSR count). The first-order valence-corrected chi connectivity index (χ1v) is 26.0. The van der Waals surface area contributed by atoms with Gasteiger partial charge in [0.05, 0.1) is 13.0 Å². The molecule has 2 aromatic rings. The minimum Gasteiger partial charge on any atom is -0.508 e. The van der Waals surface area contributed by atoms with Gasteiger partial charge in [-0.25, -0.2) is 0 Å². The van der Waals surface area contributed by atoms with Crippen molar-refractivity contribution in [2.45, 2.75) is 107 Å². The molecule has 28 heteroatoms. The van der Waals surface area contributed by atoms with Crippen molar-refractivity contribution in [3.8, 4) is 5.75 Å². The van der Waals surface area contributed by atoms with Crippen LogP contribution in [0.4, 0.5) is 0 Å². The fourth-order valence-corrected chi connectivity index (χ4v) is 9.93. The van der Waals surface area contributed by atoms with Crippen LogP contribution in [0.2, 0.25) is 0 Å². The summed E-state index contributed by atoms with van der Waals surface area (Å²) in [7, 11) is 2.19. The van der Waals surface area contributed by atoms with E-state index < -0.39 is 133 Å². The molecule has 2 aliphatic rings. The monoisotopic (exact) mass is 1070 g/mol. The van der Waals surface area contributed by atoms with Crippen LogP contribution in [0.15, 0.2) is 59.6 Å². The molecule has 2 saturated heterocycles. The highest BCUT2D eigenvalue weighted by Gasteiger charge is 2.40. The number of aliphatic imine (C=N–C) groups is 1. The Morgan fingerprint density at radius 3 is 1.97 bits per heavy atom. The van der Waals surface area contributed by atoms with Crippen molar-refractivity contribution in [1.29, 1.82) is 0 Å². The second-order valence-electron chi connectivity index (χ2n) is 17.3. The molecule has 2 aliphatic heterocycles. The Bertz CT molecular complexity index is 2380. The highest BCUT2D eigenvalue weighted by molar-refractivity contribution is 8.76. The summed E-state index contributed by atoms with van der Waals surface area (Å²) in [6, 6.07) is 4.52. The van der Waals surface area contributed by atoms with Gasteiger partial charge < -0.3 is 75.9 Å². The number of nitrogens with zero attached hydrogens (tertiary/aromatic N) is 2. The first-order chi connectivity index (χ1) is 35.2. The maximum atomic E-state index is 14.6. The summed E-state index contributed by atoms with van der Waals surface area (Å²) < 4.78 is 0. The summed E-state index contributed by atoms with van der Waals surface area (Å²) >= 11 is 0. The number of benzene rings is 2. The number of aromatic hydroxyl groups is 1. The standard InChI is InChI=1S/C46H64N14O12S2/c47-35(62)15-14-29-40(67)58-32(22-36(48)63)43(70)59-33(45(72)60-18-5-9-34(60)44(71)56-28(8-4-17-52-46(50)51)39(66)53-23-37(49)64)24-74-73-19-16-38(65)54-30(21-26-10-12-27(61)13-11-26)41(68)57-31(42(69)55-29)20-25-6-2-1-3-7-25/h1-3,6-7,10-13,28-34,61H,4-5,8-9,14-24H2,(H2,47,62)(H2,48,63)(H2,49,64)(H,53,66)(H,54,65)(H,55,69)(H,56,71)(H,57,68)(H,58,67)(H,59,70)(H4,50,51,52)/t28-,29+,30?,31?,32?,33+,34+/m1/s1. The molecule has 0 spiro atoms. The average molecular weight is 1070 g/mol. The largest absolute Gasteiger partial charge is 0.508 e. The minimum absolute atomic E-state index is 0.0128. The molecule has 0 saturated carbocycles. The fraction of sp³-hybridized carbons (Fsp3) is 0.478. The molecule has 0 bridgehead atoms. The molecule has 7 atom stereocenters. The number of nitrogens with one attached hydrogen (secondary N) is 7. The number of amides is 11. The van der Waals surface area contributed by atoms with Gasteiger partial charge in [0.2, 0.25) is 65.0 Å². The van der Waals surface area contributed by atoms with Crippen molar-refractivity contribution < 1.29 is 57.8 Å². The van der Waals surface area contributed by atoms with E-state index in [2.05, 4.69) is 42.2 Å². The Hall–Kier alpha value is -7.62. The third kappa shape index (κ3) is 20.1. The number of carbonyl (C=O) groups is 11. The predicted octanol–water partition coefficient (Wildman–Crippen LogP) is -4.34. The fourth-order valence-electron chi connectivity index (χ4n) is 7.78. The van der Waals surface area contributed by atoms with Crippen molar-refractivity contribution in [2.24, 2.45) is 33.7 Å². The molecule has 2 aromatic carbocycles. The van der Waals surface area contributed by atoms with Gasteiger partial charge >= 0.3 is 0 Å². The minimum atomic E-state index is -1.77. The molecule has 0 aromatic heterocycles. The van der Waals surface area contributed by atoms with Crippen LogP contribution < -0.4 is 65.9 Å². The van der Waals surface area contributed by atoms with Gasteiger partial charge in [-0.3, -0.25) is 57.7 Å². The predicted molar refractivity (Wildman–Crippen MR) is 272 cm³/mol. The maximum absolute atomic E-state index is 14.6. The first kappa shape index (κ1) is 58.9. The molecular weight excluding hydrogens is 1000 g/mol. The summed E-state index contributed by atoms with van der Waals surface area (Å²) in [6.45, 7) is -0.402. The van der Waals surface area contributed by atoms with Gasteiger partial charge in [0, 0.05) is 50.3 Å². The van der Waals surface area contributed by atoms with E-state index in [0.29, 0.717) is 17.5 Å². The summed E-state index contributed by atoms with van der Waals surface area (Å²) in [6.07, 6.45) is -1.34. The summed E-state index contributed by atoms with van der Waals surface area (Å²) in [5.41, 5.74) is 28.1.